The molecule has 0 amide bonds. The Kier molecular flexibility index (Phi) is 6.14. The maximum atomic E-state index is 13.0. The third kappa shape index (κ3) is 4.48. The van der Waals surface area contributed by atoms with Gasteiger partial charge in [-0.1, -0.05) is 61.7 Å². The van der Waals surface area contributed by atoms with Crippen molar-refractivity contribution < 1.29 is 8.42 Å². The summed E-state index contributed by atoms with van der Waals surface area (Å²) in [7, 11) is -3.40. The minimum Gasteiger partial charge on any atom is -0.296 e. The fourth-order valence-electron chi connectivity index (χ4n) is 4.47. The molecule has 1 aliphatic heterocycles. The summed E-state index contributed by atoms with van der Waals surface area (Å²) in [5.74, 6) is 0.604. The summed E-state index contributed by atoms with van der Waals surface area (Å²) >= 11 is 0. The van der Waals surface area contributed by atoms with E-state index in [-0.39, 0.29) is 0 Å². The van der Waals surface area contributed by atoms with Gasteiger partial charge in [-0.25, -0.2) is 8.42 Å². The summed E-state index contributed by atoms with van der Waals surface area (Å²) < 4.78 is 27.7. The molecule has 4 nitrogen and oxygen atoms in total. The topological polar surface area (TPSA) is 40.6 Å². The second-order valence-corrected chi connectivity index (χ2v) is 10.0. The number of sulfonamides is 1. The van der Waals surface area contributed by atoms with Crippen molar-refractivity contribution in [3.05, 3.63) is 65.7 Å². The largest absolute Gasteiger partial charge is 0.296 e. The lowest BCUT2D eigenvalue weighted by Crippen LogP contribution is -2.48. The third-order valence-corrected chi connectivity index (χ3v) is 8.09. The molecule has 4 rings (SSSR count). The zero-order valence-corrected chi connectivity index (χ0v) is 17.3. The summed E-state index contributed by atoms with van der Waals surface area (Å²) in [5.41, 5.74) is 2.57. The molecule has 1 heterocycles. The van der Waals surface area contributed by atoms with E-state index in [0.717, 1.165) is 19.6 Å². The van der Waals surface area contributed by atoms with Gasteiger partial charge in [-0.2, -0.15) is 4.31 Å². The molecule has 0 atom stereocenters. The van der Waals surface area contributed by atoms with Crippen LogP contribution >= 0.6 is 0 Å². The van der Waals surface area contributed by atoms with Gasteiger partial charge in [-0.3, -0.25) is 4.90 Å². The number of nitrogens with zero attached hydrogens (tertiary/aromatic N) is 2. The standard InChI is InChI=1S/C23H30N2O2S/c26-28(27,23-13-11-22(12-14-23)21-9-5-2-6-10-21)25-17-15-24(16-18-25)19-20-7-3-1-4-8-20/h1,3-4,7-8,11-14,21H,2,5-6,9-10,15-19H2. The Labute approximate surface area is 169 Å². The highest BCUT2D eigenvalue weighted by molar-refractivity contribution is 7.89. The predicted molar refractivity (Wildman–Crippen MR) is 113 cm³/mol. The molecular formula is C23H30N2O2S. The molecule has 0 bridgehead atoms. The van der Waals surface area contributed by atoms with Gasteiger partial charge in [-0.05, 0) is 42.0 Å². The van der Waals surface area contributed by atoms with Gasteiger partial charge in [0.05, 0.1) is 4.90 Å². The summed E-state index contributed by atoms with van der Waals surface area (Å²) in [6.45, 7) is 3.53. The maximum Gasteiger partial charge on any atom is 0.243 e. The van der Waals surface area contributed by atoms with Crippen molar-refractivity contribution in [3.8, 4) is 0 Å². The fourth-order valence-corrected chi connectivity index (χ4v) is 5.89. The van der Waals surface area contributed by atoms with Gasteiger partial charge in [0, 0.05) is 32.7 Å². The van der Waals surface area contributed by atoms with Crippen molar-refractivity contribution in [2.45, 2.75) is 49.5 Å². The average Bonchev–Trinajstić information content (AvgIpc) is 2.76. The van der Waals surface area contributed by atoms with E-state index in [1.807, 2.05) is 42.5 Å². The molecular weight excluding hydrogens is 368 g/mol. The molecule has 28 heavy (non-hydrogen) atoms. The van der Waals surface area contributed by atoms with Crippen LogP contribution in [0.4, 0.5) is 0 Å². The Morgan fingerprint density at radius 3 is 2.07 bits per heavy atom. The second kappa shape index (κ2) is 8.76. The van der Waals surface area contributed by atoms with Crippen LogP contribution in [-0.2, 0) is 16.6 Å². The molecule has 0 radical (unpaired) electrons. The van der Waals surface area contributed by atoms with Gasteiger partial charge >= 0.3 is 0 Å². The Hall–Kier alpha value is -1.69. The van der Waals surface area contributed by atoms with Crippen LogP contribution < -0.4 is 0 Å². The van der Waals surface area contributed by atoms with E-state index < -0.39 is 10.0 Å². The molecule has 2 aromatic rings. The van der Waals surface area contributed by atoms with Gasteiger partial charge in [0.1, 0.15) is 0 Å². The molecule has 1 saturated heterocycles. The second-order valence-electron chi connectivity index (χ2n) is 8.07. The zero-order valence-electron chi connectivity index (χ0n) is 16.5. The minimum absolute atomic E-state index is 0.434. The monoisotopic (exact) mass is 398 g/mol. The van der Waals surface area contributed by atoms with Crippen LogP contribution in [0.25, 0.3) is 0 Å². The highest BCUT2D eigenvalue weighted by Gasteiger charge is 2.28. The molecule has 1 saturated carbocycles. The Morgan fingerprint density at radius 2 is 1.43 bits per heavy atom. The highest BCUT2D eigenvalue weighted by atomic mass is 32.2. The first kappa shape index (κ1) is 19.6. The van der Waals surface area contributed by atoms with Crippen LogP contribution in [0.2, 0.25) is 0 Å². The SMILES string of the molecule is O=S(=O)(c1ccc(C2CCCCC2)cc1)N1CCN(Cc2ccccc2)CC1. The predicted octanol–water partition coefficient (Wildman–Crippen LogP) is 4.24. The van der Waals surface area contributed by atoms with Crippen molar-refractivity contribution in [1.29, 1.82) is 0 Å². The average molecular weight is 399 g/mol. The number of rotatable bonds is 5. The van der Waals surface area contributed by atoms with Crippen LogP contribution in [0, 0.1) is 0 Å². The van der Waals surface area contributed by atoms with E-state index in [1.54, 1.807) is 4.31 Å². The van der Waals surface area contributed by atoms with E-state index in [0.29, 0.717) is 23.9 Å². The quantitative estimate of drug-likeness (QED) is 0.756. The third-order valence-electron chi connectivity index (χ3n) is 6.17. The van der Waals surface area contributed by atoms with Gasteiger partial charge < -0.3 is 0 Å². The van der Waals surface area contributed by atoms with Crippen molar-refractivity contribution in [2.24, 2.45) is 0 Å². The molecule has 1 aliphatic carbocycles. The number of hydrogen-bond donors (Lipinski definition) is 0. The lowest BCUT2D eigenvalue weighted by molar-refractivity contribution is 0.181. The molecule has 0 aromatic heterocycles. The van der Waals surface area contributed by atoms with Crippen molar-refractivity contribution in [3.63, 3.8) is 0 Å². The van der Waals surface area contributed by atoms with E-state index >= 15 is 0 Å². The lowest BCUT2D eigenvalue weighted by atomic mass is 9.84. The van der Waals surface area contributed by atoms with Crippen LogP contribution in [0.3, 0.4) is 0 Å². The molecule has 2 aromatic carbocycles. The van der Waals surface area contributed by atoms with Gasteiger partial charge in [-0.15, -0.1) is 0 Å². The number of hydrogen-bond acceptors (Lipinski definition) is 3. The normalized spacial score (nSPS) is 20.3. The van der Waals surface area contributed by atoms with Crippen LogP contribution in [0.5, 0.6) is 0 Å². The molecule has 0 spiro atoms. The Balaban J connectivity index is 1.37. The molecule has 0 N–H and O–H groups in total. The number of benzene rings is 2. The van der Waals surface area contributed by atoms with Crippen LogP contribution in [0.1, 0.15) is 49.1 Å². The first-order valence-corrected chi connectivity index (χ1v) is 11.9. The summed E-state index contributed by atoms with van der Waals surface area (Å²) in [6, 6.07) is 18.1. The summed E-state index contributed by atoms with van der Waals surface area (Å²) in [4.78, 5) is 2.76. The first-order valence-electron chi connectivity index (χ1n) is 10.5. The van der Waals surface area contributed by atoms with E-state index in [9.17, 15) is 8.42 Å². The molecule has 2 aliphatic rings. The van der Waals surface area contributed by atoms with E-state index in [4.69, 9.17) is 0 Å². The van der Waals surface area contributed by atoms with Crippen molar-refractivity contribution in [1.82, 2.24) is 9.21 Å². The Bertz CT molecular complexity index is 851. The molecule has 5 heteroatoms. The molecule has 150 valence electrons. The van der Waals surface area contributed by atoms with Crippen LogP contribution in [-0.4, -0.2) is 43.8 Å². The first-order chi connectivity index (χ1) is 13.6. The van der Waals surface area contributed by atoms with Gasteiger partial charge in [0.15, 0.2) is 0 Å². The summed E-state index contributed by atoms with van der Waals surface area (Å²) in [6.07, 6.45) is 6.38. The van der Waals surface area contributed by atoms with Gasteiger partial charge in [0.2, 0.25) is 10.0 Å². The highest BCUT2D eigenvalue weighted by Crippen LogP contribution is 2.33. The van der Waals surface area contributed by atoms with Crippen molar-refractivity contribution in [2.75, 3.05) is 26.2 Å². The minimum atomic E-state index is -3.40. The van der Waals surface area contributed by atoms with Crippen LogP contribution in [0.15, 0.2) is 59.5 Å². The van der Waals surface area contributed by atoms with E-state index in [2.05, 4.69) is 17.0 Å². The maximum absolute atomic E-state index is 13.0. The van der Waals surface area contributed by atoms with Gasteiger partial charge in [0.25, 0.3) is 0 Å². The fraction of sp³-hybridized carbons (Fsp3) is 0.478. The smallest absolute Gasteiger partial charge is 0.243 e. The molecule has 2 fully saturated rings. The number of piperazine rings is 1. The zero-order chi connectivity index (χ0) is 19.4. The summed E-state index contributed by atoms with van der Waals surface area (Å²) in [5, 5.41) is 0. The molecule has 0 unspecified atom stereocenters. The Morgan fingerprint density at radius 1 is 0.786 bits per heavy atom. The van der Waals surface area contributed by atoms with Crippen molar-refractivity contribution >= 4 is 10.0 Å². The lowest BCUT2D eigenvalue weighted by Gasteiger charge is -2.34. The van der Waals surface area contributed by atoms with E-state index in [1.165, 1.54) is 43.2 Å².